The van der Waals surface area contributed by atoms with E-state index in [2.05, 4.69) is 15.3 Å². The van der Waals surface area contributed by atoms with Crippen molar-refractivity contribution in [3.63, 3.8) is 0 Å². The summed E-state index contributed by atoms with van der Waals surface area (Å²) < 4.78 is 41.6. The van der Waals surface area contributed by atoms with Crippen molar-refractivity contribution in [2.45, 2.75) is 12.0 Å². The number of hydrogen-bond acceptors (Lipinski definition) is 6. The maximum Gasteiger partial charge on any atom is 0.280 e. The maximum absolute atomic E-state index is 15.1. The summed E-state index contributed by atoms with van der Waals surface area (Å²) in [5.74, 6) is -0.580. The SMILES string of the molecule is O=C(NC1=N[C@@]2(c3ccccc3F)CN(c3nc(C(F)F)cc(=O)[nH]3)C[C@H]2CS1)c1ccccc1. The molecule has 11 heteroatoms. The first-order valence-electron chi connectivity index (χ1n) is 10.8. The lowest BCUT2D eigenvalue weighted by Gasteiger charge is -2.35. The van der Waals surface area contributed by atoms with Gasteiger partial charge in [-0.25, -0.2) is 23.1 Å². The van der Waals surface area contributed by atoms with Crippen LogP contribution in [-0.4, -0.2) is 39.9 Å². The van der Waals surface area contributed by atoms with Crippen molar-refractivity contribution in [3.8, 4) is 0 Å². The van der Waals surface area contributed by atoms with Gasteiger partial charge in [-0.15, -0.1) is 0 Å². The number of halogens is 3. The Morgan fingerprint density at radius 3 is 2.66 bits per heavy atom. The van der Waals surface area contributed by atoms with Gasteiger partial charge in [-0.1, -0.05) is 48.2 Å². The summed E-state index contributed by atoms with van der Waals surface area (Å²) in [6.07, 6.45) is -2.91. The van der Waals surface area contributed by atoms with E-state index >= 15 is 4.39 Å². The minimum absolute atomic E-state index is 0.0204. The summed E-state index contributed by atoms with van der Waals surface area (Å²) in [6.45, 7) is 0.389. The molecule has 0 spiro atoms. The number of aromatic nitrogens is 2. The van der Waals surface area contributed by atoms with Crippen LogP contribution in [0.15, 0.2) is 70.5 Å². The lowest BCUT2D eigenvalue weighted by atomic mass is 9.81. The average Bonchev–Trinajstić information content (AvgIpc) is 3.24. The Morgan fingerprint density at radius 2 is 1.91 bits per heavy atom. The quantitative estimate of drug-likeness (QED) is 0.571. The standard InChI is InChI=1S/C24H20F3N5O2S/c25-17-9-5-4-8-16(17)24-13-32(22-28-18(20(26)27)10-19(33)29-22)11-15(24)12-35-23(31-24)30-21(34)14-6-2-1-3-7-14/h1-10,15,20H,11-13H2,(H,28,29,33)(H,30,31,34)/t15-,24-/m0/s1. The van der Waals surface area contributed by atoms with Crippen LogP contribution in [0, 0.1) is 11.7 Å². The summed E-state index contributed by atoms with van der Waals surface area (Å²) in [5, 5.41) is 3.15. The highest BCUT2D eigenvalue weighted by molar-refractivity contribution is 8.13. The number of aliphatic imine (C=N–C) groups is 1. The van der Waals surface area contributed by atoms with E-state index in [0.717, 1.165) is 6.07 Å². The van der Waals surface area contributed by atoms with Crippen molar-refractivity contribution >= 4 is 28.8 Å². The van der Waals surface area contributed by atoms with Gasteiger partial charge >= 0.3 is 0 Å². The normalized spacial score (nSPS) is 21.5. The van der Waals surface area contributed by atoms with Crippen LogP contribution in [0.1, 0.15) is 28.0 Å². The Balaban J connectivity index is 1.54. The van der Waals surface area contributed by atoms with Crippen LogP contribution in [0.3, 0.4) is 0 Å². The topological polar surface area (TPSA) is 90.4 Å². The van der Waals surface area contributed by atoms with Gasteiger partial charge in [0.2, 0.25) is 5.95 Å². The van der Waals surface area contributed by atoms with Crippen molar-refractivity contribution in [1.29, 1.82) is 0 Å². The lowest BCUT2D eigenvalue weighted by molar-refractivity contribution is 0.0977. The Morgan fingerprint density at radius 1 is 1.17 bits per heavy atom. The highest BCUT2D eigenvalue weighted by Gasteiger charge is 2.52. The zero-order valence-electron chi connectivity index (χ0n) is 18.2. The number of nitrogens with zero attached hydrogens (tertiary/aromatic N) is 3. The molecule has 2 N–H and O–H groups in total. The van der Waals surface area contributed by atoms with E-state index in [-0.39, 0.29) is 24.3 Å². The van der Waals surface area contributed by atoms with Crippen LogP contribution >= 0.6 is 11.8 Å². The van der Waals surface area contributed by atoms with Crippen molar-refractivity contribution in [2.24, 2.45) is 10.9 Å². The van der Waals surface area contributed by atoms with Crippen LogP contribution in [-0.2, 0) is 5.54 Å². The number of alkyl halides is 2. The number of fused-ring (bicyclic) bond motifs is 1. The molecule has 0 saturated carbocycles. The first-order chi connectivity index (χ1) is 16.9. The first kappa shape index (κ1) is 23.2. The molecule has 2 atom stereocenters. The molecule has 1 fully saturated rings. The summed E-state index contributed by atoms with van der Waals surface area (Å²) in [7, 11) is 0. The number of carbonyl (C=O) groups is 1. The molecular weight excluding hydrogens is 479 g/mol. The average molecular weight is 500 g/mol. The molecule has 1 amide bonds. The summed E-state index contributed by atoms with van der Waals surface area (Å²) >= 11 is 1.33. The van der Waals surface area contributed by atoms with Crippen LogP contribution in [0.25, 0.3) is 0 Å². The third kappa shape index (κ3) is 4.43. The number of aromatic amines is 1. The van der Waals surface area contributed by atoms with Gasteiger partial charge in [0, 0.05) is 35.4 Å². The summed E-state index contributed by atoms with van der Waals surface area (Å²) in [4.78, 5) is 37.6. The number of carbonyl (C=O) groups excluding carboxylic acids is 1. The minimum Gasteiger partial charge on any atom is -0.339 e. The van der Waals surface area contributed by atoms with Gasteiger partial charge in [-0.3, -0.25) is 14.6 Å². The Bertz CT molecular complexity index is 1350. The number of benzene rings is 2. The van der Waals surface area contributed by atoms with Crippen LogP contribution in [0.4, 0.5) is 19.1 Å². The zero-order chi connectivity index (χ0) is 24.6. The number of thioether (sulfide) groups is 1. The largest absolute Gasteiger partial charge is 0.339 e. The number of amides is 1. The molecule has 2 aliphatic heterocycles. The third-order valence-corrected chi connectivity index (χ3v) is 7.17. The lowest BCUT2D eigenvalue weighted by Crippen LogP contribution is -2.43. The number of anilines is 1. The van der Waals surface area contributed by atoms with Gasteiger partial charge in [0.1, 0.15) is 17.1 Å². The van der Waals surface area contributed by atoms with Crippen LogP contribution in [0.5, 0.6) is 0 Å². The van der Waals surface area contributed by atoms with E-state index in [1.54, 1.807) is 53.4 Å². The second-order valence-electron chi connectivity index (χ2n) is 8.32. The van der Waals surface area contributed by atoms with Gasteiger partial charge in [0.15, 0.2) is 5.17 Å². The molecular formula is C24H20F3N5O2S. The fourth-order valence-corrected chi connectivity index (χ4v) is 5.63. The van der Waals surface area contributed by atoms with Gasteiger partial charge in [0.05, 0.1) is 6.54 Å². The fraction of sp³-hybridized carbons (Fsp3) is 0.250. The molecule has 0 unspecified atom stereocenters. The van der Waals surface area contributed by atoms with Crippen LogP contribution < -0.4 is 15.8 Å². The molecule has 0 radical (unpaired) electrons. The molecule has 0 aliphatic carbocycles. The Labute approximate surface area is 202 Å². The van der Waals surface area contributed by atoms with Gasteiger partial charge in [-0.2, -0.15) is 0 Å². The molecule has 3 aromatic rings. The van der Waals surface area contributed by atoms with E-state index in [1.165, 1.54) is 17.8 Å². The van der Waals surface area contributed by atoms with Crippen molar-refractivity contribution in [2.75, 3.05) is 23.7 Å². The number of rotatable bonds is 4. The summed E-state index contributed by atoms with van der Waals surface area (Å²) in [5.41, 5.74) is -1.67. The van der Waals surface area contributed by atoms with Gasteiger partial charge < -0.3 is 10.2 Å². The minimum atomic E-state index is -2.91. The van der Waals surface area contributed by atoms with Gasteiger partial charge in [-0.05, 0) is 18.2 Å². The number of nitrogens with one attached hydrogen (secondary N) is 2. The number of hydrogen-bond donors (Lipinski definition) is 2. The molecule has 2 aromatic carbocycles. The van der Waals surface area contributed by atoms with E-state index < -0.39 is 29.0 Å². The number of H-pyrrole nitrogens is 1. The molecule has 1 saturated heterocycles. The molecule has 7 nitrogen and oxygen atoms in total. The predicted octanol–water partition coefficient (Wildman–Crippen LogP) is 3.71. The fourth-order valence-electron chi connectivity index (χ4n) is 4.50. The molecule has 2 aliphatic rings. The van der Waals surface area contributed by atoms with E-state index in [4.69, 9.17) is 4.99 Å². The Kier molecular flexibility index (Phi) is 6.10. The first-order valence-corrected chi connectivity index (χ1v) is 11.8. The van der Waals surface area contributed by atoms with Crippen LogP contribution in [0.2, 0.25) is 0 Å². The van der Waals surface area contributed by atoms with Gasteiger partial charge in [0.25, 0.3) is 17.9 Å². The third-order valence-electron chi connectivity index (χ3n) is 6.14. The number of amidine groups is 1. The molecule has 3 heterocycles. The second-order valence-corrected chi connectivity index (χ2v) is 9.33. The maximum atomic E-state index is 15.1. The van der Waals surface area contributed by atoms with E-state index in [1.807, 2.05) is 0 Å². The predicted molar refractivity (Wildman–Crippen MR) is 127 cm³/mol. The molecule has 1 aromatic heterocycles. The zero-order valence-corrected chi connectivity index (χ0v) is 19.1. The molecule has 35 heavy (non-hydrogen) atoms. The molecule has 180 valence electrons. The van der Waals surface area contributed by atoms with Crippen molar-refractivity contribution in [1.82, 2.24) is 15.3 Å². The monoisotopic (exact) mass is 499 g/mol. The molecule has 5 rings (SSSR count). The highest BCUT2D eigenvalue weighted by atomic mass is 32.2. The van der Waals surface area contributed by atoms with E-state index in [9.17, 15) is 18.4 Å². The van der Waals surface area contributed by atoms with Crippen molar-refractivity contribution in [3.05, 3.63) is 93.7 Å². The second kappa shape index (κ2) is 9.21. The Hall–Kier alpha value is -3.60. The van der Waals surface area contributed by atoms with Crippen molar-refractivity contribution < 1.29 is 18.0 Å². The summed E-state index contributed by atoms with van der Waals surface area (Å²) in [6, 6.07) is 15.6. The smallest absolute Gasteiger partial charge is 0.280 e. The van der Waals surface area contributed by atoms with E-state index in [0.29, 0.717) is 28.6 Å². The highest BCUT2D eigenvalue weighted by Crippen LogP contribution is 2.47. The molecule has 0 bridgehead atoms.